The van der Waals surface area contributed by atoms with Crippen LogP contribution in [0.25, 0.3) is 11.0 Å². The van der Waals surface area contributed by atoms with Gasteiger partial charge in [0, 0.05) is 26.0 Å². The number of para-hydroxylation sites is 2. The highest BCUT2D eigenvalue weighted by Crippen LogP contribution is 2.20. The van der Waals surface area contributed by atoms with Crippen LogP contribution in [-0.2, 0) is 13.1 Å². The lowest BCUT2D eigenvalue weighted by atomic mass is 10.0. The van der Waals surface area contributed by atoms with Gasteiger partial charge < -0.3 is 9.47 Å². The molecule has 2 aromatic heterocycles. The Bertz CT molecular complexity index is 1050. The summed E-state index contributed by atoms with van der Waals surface area (Å²) >= 11 is 0. The van der Waals surface area contributed by atoms with Gasteiger partial charge in [0.2, 0.25) is 0 Å². The lowest BCUT2D eigenvalue weighted by Gasteiger charge is -2.18. The highest BCUT2D eigenvalue weighted by atomic mass is 16.2. The van der Waals surface area contributed by atoms with Gasteiger partial charge in [-0.1, -0.05) is 115 Å². The molecule has 0 saturated carbocycles. The predicted molar refractivity (Wildman–Crippen MR) is 159 cm³/mol. The third kappa shape index (κ3) is 10.2. The van der Waals surface area contributed by atoms with E-state index in [4.69, 9.17) is 4.98 Å². The monoisotopic (exact) mass is 518 g/mol. The number of benzene rings is 1. The summed E-state index contributed by atoms with van der Waals surface area (Å²) in [4.78, 5) is 23.5. The standard InChI is InChI=1S/C33H50N4O/c1-3-4-5-6-7-8-9-10-11-12-13-14-15-16-17-20-26-37-31-24-19-18-23-30(31)35-32(37)28-36(2)33(38)29-22-21-25-34-27-29/h18-19,21-25,27H,3-17,20,26,28H2,1-2H3. The van der Waals surface area contributed by atoms with Crippen molar-refractivity contribution in [2.24, 2.45) is 0 Å². The molecule has 0 aliphatic rings. The van der Waals surface area contributed by atoms with Crippen LogP contribution in [0.5, 0.6) is 0 Å². The lowest BCUT2D eigenvalue weighted by molar-refractivity contribution is 0.0779. The summed E-state index contributed by atoms with van der Waals surface area (Å²) < 4.78 is 2.31. The van der Waals surface area contributed by atoms with Gasteiger partial charge in [0.1, 0.15) is 5.82 Å². The number of aryl methyl sites for hydroxylation is 1. The number of fused-ring (bicyclic) bond motifs is 1. The van der Waals surface area contributed by atoms with E-state index < -0.39 is 0 Å². The van der Waals surface area contributed by atoms with Crippen LogP contribution in [-0.4, -0.2) is 32.4 Å². The number of rotatable bonds is 20. The third-order valence-electron chi connectivity index (χ3n) is 7.60. The van der Waals surface area contributed by atoms with Crippen molar-refractivity contribution in [3.63, 3.8) is 0 Å². The molecule has 3 rings (SSSR count). The zero-order valence-electron chi connectivity index (χ0n) is 24.0. The summed E-state index contributed by atoms with van der Waals surface area (Å²) in [6.07, 6.45) is 25.3. The number of nitrogens with zero attached hydrogens (tertiary/aromatic N) is 4. The molecular weight excluding hydrogens is 468 g/mol. The van der Waals surface area contributed by atoms with Gasteiger partial charge in [-0.05, 0) is 30.7 Å². The molecule has 1 amide bonds. The van der Waals surface area contributed by atoms with Crippen molar-refractivity contribution in [3.8, 4) is 0 Å². The van der Waals surface area contributed by atoms with Crippen molar-refractivity contribution in [2.45, 2.75) is 123 Å². The highest BCUT2D eigenvalue weighted by Gasteiger charge is 2.17. The Hall–Kier alpha value is -2.69. The maximum absolute atomic E-state index is 12.8. The van der Waals surface area contributed by atoms with Gasteiger partial charge in [-0.15, -0.1) is 0 Å². The number of pyridine rings is 1. The minimum absolute atomic E-state index is 0.0286. The Morgan fingerprint density at radius 2 is 1.34 bits per heavy atom. The van der Waals surface area contributed by atoms with Crippen molar-refractivity contribution in [2.75, 3.05) is 7.05 Å². The van der Waals surface area contributed by atoms with Crippen molar-refractivity contribution in [1.29, 1.82) is 0 Å². The van der Waals surface area contributed by atoms with Crippen LogP contribution in [0.4, 0.5) is 0 Å². The molecule has 5 nitrogen and oxygen atoms in total. The van der Waals surface area contributed by atoms with Crippen molar-refractivity contribution >= 4 is 16.9 Å². The van der Waals surface area contributed by atoms with Crippen LogP contribution >= 0.6 is 0 Å². The number of hydrogen-bond acceptors (Lipinski definition) is 3. The van der Waals surface area contributed by atoms with E-state index in [1.54, 1.807) is 23.4 Å². The van der Waals surface area contributed by atoms with E-state index >= 15 is 0 Å². The molecule has 0 bridgehead atoms. The van der Waals surface area contributed by atoms with Gasteiger partial charge >= 0.3 is 0 Å². The number of carbonyl (C=O) groups is 1. The summed E-state index contributed by atoms with van der Waals surface area (Å²) in [5.41, 5.74) is 2.77. The number of aromatic nitrogens is 3. The Labute approximate surface area is 231 Å². The Kier molecular flexibility index (Phi) is 13.9. The fourth-order valence-electron chi connectivity index (χ4n) is 5.31. The SMILES string of the molecule is CCCCCCCCCCCCCCCCCCn1c(CN(C)C(=O)c2cccnc2)nc2ccccc21. The normalized spacial score (nSPS) is 11.3. The minimum atomic E-state index is -0.0286. The summed E-state index contributed by atoms with van der Waals surface area (Å²) in [6, 6.07) is 11.9. The molecule has 0 atom stereocenters. The van der Waals surface area contributed by atoms with Gasteiger partial charge in [-0.2, -0.15) is 0 Å². The van der Waals surface area contributed by atoms with Crippen molar-refractivity contribution in [1.82, 2.24) is 19.4 Å². The number of imidazole rings is 1. The molecule has 2 heterocycles. The average Bonchev–Trinajstić information content (AvgIpc) is 3.29. The van der Waals surface area contributed by atoms with Crippen molar-refractivity contribution < 1.29 is 4.79 Å². The molecule has 208 valence electrons. The fraction of sp³-hybridized carbons (Fsp3) is 0.606. The van der Waals surface area contributed by atoms with E-state index in [1.165, 1.54) is 96.3 Å². The van der Waals surface area contributed by atoms with Crippen LogP contribution in [0.1, 0.15) is 126 Å². The molecule has 0 saturated heterocycles. The summed E-state index contributed by atoms with van der Waals surface area (Å²) in [6.45, 7) is 3.72. The number of hydrogen-bond donors (Lipinski definition) is 0. The number of unbranched alkanes of at least 4 members (excludes halogenated alkanes) is 15. The molecule has 5 heteroatoms. The van der Waals surface area contributed by atoms with Crippen LogP contribution in [0.3, 0.4) is 0 Å². The van der Waals surface area contributed by atoms with Gasteiger partial charge in [-0.3, -0.25) is 9.78 Å². The smallest absolute Gasteiger partial charge is 0.255 e. The van der Waals surface area contributed by atoms with E-state index in [0.29, 0.717) is 12.1 Å². The highest BCUT2D eigenvalue weighted by molar-refractivity contribution is 5.93. The van der Waals surface area contributed by atoms with E-state index in [1.807, 2.05) is 19.2 Å². The Morgan fingerprint density at radius 3 is 1.92 bits per heavy atom. The number of carbonyl (C=O) groups excluding carboxylic acids is 1. The molecule has 0 unspecified atom stereocenters. The molecule has 0 aliphatic carbocycles. The zero-order chi connectivity index (χ0) is 26.8. The van der Waals surface area contributed by atoms with E-state index in [9.17, 15) is 4.79 Å². The number of amides is 1. The predicted octanol–water partition coefficient (Wildman–Crippen LogP) is 8.97. The second-order valence-corrected chi connectivity index (χ2v) is 10.9. The van der Waals surface area contributed by atoms with Crippen LogP contribution in [0, 0.1) is 0 Å². The largest absolute Gasteiger partial charge is 0.334 e. The molecule has 3 aromatic rings. The maximum atomic E-state index is 12.8. The molecule has 0 spiro atoms. The summed E-state index contributed by atoms with van der Waals surface area (Å²) in [5, 5.41) is 0. The van der Waals surface area contributed by atoms with Gasteiger partial charge in [0.15, 0.2) is 0 Å². The average molecular weight is 519 g/mol. The van der Waals surface area contributed by atoms with Gasteiger partial charge in [-0.25, -0.2) is 4.98 Å². The van der Waals surface area contributed by atoms with Crippen LogP contribution in [0.2, 0.25) is 0 Å². The van der Waals surface area contributed by atoms with E-state index in [-0.39, 0.29) is 5.91 Å². The molecule has 0 radical (unpaired) electrons. The van der Waals surface area contributed by atoms with Gasteiger partial charge in [0.25, 0.3) is 5.91 Å². The van der Waals surface area contributed by atoms with Crippen LogP contribution in [0.15, 0.2) is 48.8 Å². The first-order chi connectivity index (χ1) is 18.7. The molecule has 0 aliphatic heterocycles. The third-order valence-corrected chi connectivity index (χ3v) is 7.60. The maximum Gasteiger partial charge on any atom is 0.255 e. The lowest BCUT2D eigenvalue weighted by Crippen LogP contribution is -2.27. The van der Waals surface area contributed by atoms with Crippen molar-refractivity contribution in [3.05, 3.63) is 60.2 Å². The molecule has 0 fully saturated rings. The zero-order valence-corrected chi connectivity index (χ0v) is 24.0. The molecule has 1 aromatic carbocycles. The van der Waals surface area contributed by atoms with E-state index in [2.05, 4.69) is 34.7 Å². The summed E-state index contributed by atoms with van der Waals surface area (Å²) in [5.74, 6) is 0.922. The second kappa shape index (κ2) is 17.8. The first-order valence-corrected chi connectivity index (χ1v) is 15.3. The molecule has 38 heavy (non-hydrogen) atoms. The fourth-order valence-corrected chi connectivity index (χ4v) is 5.31. The first-order valence-electron chi connectivity index (χ1n) is 15.3. The van der Waals surface area contributed by atoms with Crippen LogP contribution < -0.4 is 0 Å². The molecule has 0 N–H and O–H groups in total. The second-order valence-electron chi connectivity index (χ2n) is 10.9. The van der Waals surface area contributed by atoms with E-state index in [0.717, 1.165) is 29.8 Å². The van der Waals surface area contributed by atoms with Gasteiger partial charge in [0.05, 0.1) is 23.1 Å². The Morgan fingerprint density at radius 1 is 0.763 bits per heavy atom. The summed E-state index contributed by atoms with van der Waals surface area (Å²) in [7, 11) is 1.84. The minimum Gasteiger partial charge on any atom is -0.334 e. The topological polar surface area (TPSA) is 51.0 Å². The first kappa shape index (κ1) is 29.9. The molecular formula is C33H50N4O. The quantitative estimate of drug-likeness (QED) is 0.140. The Balaban J connectivity index is 1.32.